The quantitative estimate of drug-likeness (QED) is 0.906. The number of anilines is 1. The molecular weight excluding hydrogens is 238 g/mol. The van der Waals surface area contributed by atoms with Crippen LogP contribution in [-0.2, 0) is 4.79 Å². The Morgan fingerprint density at radius 2 is 1.95 bits per heavy atom. The van der Waals surface area contributed by atoms with Gasteiger partial charge < -0.3 is 10.0 Å². The summed E-state index contributed by atoms with van der Waals surface area (Å²) < 4.78 is 0. The van der Waals surface area contributed by atoms with Gasteiger partial charge in [0.25, 0.3) is 0 Å². The summed E-state index contributed by atoms with van der Waals surface area (Å²) in [6.07, 6.45) is 2.19. The van der Waals surface area contributed by atoms with Gasteiger partial charge in [-0.3, -0.25) is 4.79 Å². The third-order valence-electron chi connectivity index (χ3n) is 4.47. The second-order valence-electron chi connectivity index (χ2n) is 6.09. The van der Waals surface area contributed by atoms with Crippen molar-refractivity contribution < 1.29 is 9.90 Å². The van der Waals surface area contributed by atoms with E-state index in [0.29, 0.717) is 0 Å². The van der Waals surface area contributed by atoms with Crippen LogP contribution in [0.1, 0.15) is 37.3 Å². The maximum atomic E-state index is 10.9. The fourth-order valence-corrected chi connectivity index (χ4v) is 2.91. The molecule has 1 heterocycles. The number of rotatable bonds is 3. The van der Waals surface area contributed by atoms with Gasteiger partial charge in [0.1, 0.15) is 0 Å². The Morgan fingerprint density at radius 3 is 2.53 bits per heavy atom. The minimum Gasteiger partial charge on any atom is -0.481 e. The van der Waals surface area contributed by atoms with Crippen LogP contribution in [0.3, 0.4) is 0 Å². The van der Waals surface area contributed by atoms with Crippen molar-refractivity contribution in [3.05, 3.63) is 29.3 Å². The van der Waals surface area contributed by atoms with Crippen molar-refractivity contribution >= 4 is 11.7 Å². The summed E-state index contributed by atoms with van der Waals surface area (Å²) in [5, 5.41) is 8.98. The number of hydrogen-bond acceptors (Lipinski definition) is 2. The summed E-state index contributed by atoms with van der Waals surface area (Å²) in [6, 6.07) is 6.40. The number of aryl methyl sites for hydroxylation is 1. The van der Waals surface area contributed by atoms with Crippen LogP contribution >= 0.6 is 0 Å². The molecule has 0 bridgehead atoms. The number of aliphatic carboxylic acids is 1. The Bertz CT molecular complexity index is 474. The third-order valence-corrected chi connectivity index (χ3v) is 4.47. The van der Waals surface area contributed by atoms with E-state index in [9.17, 15) is 4.79 Å². The molecule has 1 aliphatic heterocycles. The molecule has 3 heteroatoms. The lowest BCUT2D eigenvalue weighted by Crippen LogP contribution is -2.40. The molecule has 1 fully saturated rings. The van der Waals surface area contributed by atoms with E-state index in [0.717, 1.165) is 25.9 Å². The van der Waals surface area contributed by atoms with Crippen molar-refractivity contribution in [2.45, 2.75) is 40.0 Å². The van der Waals surface area contributed by atoms with Gasteiger partial charge in [-0.2, -0.15) is 0 Å². The predicted molar refractivity (Wildman–Crippen MR) is 77.7 cm³/mol. The smallest absolute Gasteiger partial charge is 0.303 e. The monoisotopic (exact) mass is 261 g/mol. The summed E-state index contributed by atoms with van der Waals surface area (Å²) >= 11 is 0. The molecule has 1 aliphatic rings. The van der Waals surface area contributed by atoms with Crippen LogP contribution in [0.15, 0.2) is 18.2 Å². The van der Waals surface area contributed by atoms with E-state index < -0.39 is 5.97 Å². The van der Waals surface area contributed by atoms with Crippen molar-refractivity contribution in [1.82, 2.24) is 0 Å². The molecule has 1 saturated heterocycles. The zero-order chi connectivity index (χ0) is 14.0. The number of hydrogen-bond donors (Lipinski definition) is 1. The fourth-order valence-electron chi connectivity index (χ4n) is 2.91. The highest BCUT2D eigenvalue weighted by atomic mass is 16.4. The average Bonchev–Trinajstić information content (AvgIpc) is 2.33. The standard InChI is InChI=1S/C16H23NO2/c1-12-5-4-6-14(13(12)2)17-9-7-16(3,8-10-17)11-15(18)19/h4-6H,7-11H2,1-3H3,(H,18,19). The topological polar surface area (TPSA) is 40.5 Å². The maximum absolute atomic E-state index is 10.9. The maximum Gasteiger partial charge on any atom is 0.303 e. The van der Waals surface area contributed by atoms with Crippen molar-refractivity contribution in [2.75, 3.05) is 18.0 Å². The van der Waals surface area contributed by atoms with E-state index in [1.165, 1.54) is 16.8 Å². The van der Waals surface area contributed by atoms with Crippen LogP contribution < -0.4 is 4.90 Å². The summed E-state index contributed by atoms with van der Waals surface area (Å²) in [5.41, 5.74) is 3.91. The first-order chi connectivity index (χ1) is 8.91. The van der Waals surface area contributed by atoms with Gasteiger partial charge in [-0.25, -0.2) is 0 Å². The molecule has 0 aromatic heterocycles. The highest BCUT2D eigenvalue weighted by Crippen LogP contribution is 2.36. The number of carboxylic acids is 1. The molecule has 1 aromatic carbocycles. The number of piperidine rings is 1. The van der Waals surface area contributed by atoms with Gasteiger partial charge in [0.15, 0.2) is 0 Å². The summed E-state index contributed by atoms with van der Waals surface area (Å²) in [7, 11) is 0. The SMILES string of the molecule is Cc1cccc(N2CCC(C)(CC(=O)O)CC2)c1C. The Hall–Kier alpha value is -1.51. The van der Waals surface area contributed by atoms with Crippen molar-refractivity contribution in [1.29, 1.82) is 0 Å². The third kappa shape index (κ3) is 3.09. The van der Waals surface area contributed by atoms with Gasteiger partial charge in [-0.05, 0) is 49.3 Å². The van der Waals surface area contributed by atoms with E-state index in [1.807, 2.05) is 0 Å². The van der Waals surface area contributed by atoms with Crippen LogP contribution in [-0.4, -0.2) is 24.2 Å². The molecule has 1 aromatic rings. The van der Waals surface area contributed by atoms with Crippen molar-refractivity contribution in [3.8, 4) is 0 Å². The highest BCUT2D eigenvalue weighted by Gasteiger charge is 2.32. The molecular formula is C16H23NO2. The Kier molecular flexibility index (Phi) is 3.83. The molecule has 104 valence electrons. The number of nitrogens with zero attached hydrogens (tertiary/aromatic N) is 1. The van der Waals surface area contributed by atoms with Gasteiger partial charge >= 0.3 is 5.97 Å². The second kappa shape index (κ2) is 5.24. The Labute approximate surface area is 115 Å². The number of carboxylic acid groups (broad SMARTS) is 1. The molecule has 0 aliphatic carbocycles. The molecule has 2 rings (SSSR count). The molecule has 0 radical (unpaired) electrons. The normalized spacial score (nSPS) is 18.4. The Balaban J connectivity index is 2.08. The van der Waals surface area contributed by atoms with Gasteiger partial charge in [0.05, 0.1) is 6.42 Å². The first-order valence-corrected chi connectivity index (χ1v) is 6.94. The molecule has 0 amide bonds. The van der Waals surface area contributed by atoms with Gasteiger partial charge in [-0.1, -0.05) is 19.1 Å². The van der Waals surface area contributed by atoms with Crippen LogP contribution in [0, 0.1) is 19.3 Å². The molecule has 0 saturated carbocycles. The van der Waals surface area contributed by atoms with Crippen molar-refractivity contribution in [3.63, 3.8) is 0 Å². The Morgan fingerprint density at radius 1 is 1.32 bits per heavy atom. The first kappa shape index (κ1) is 13.9. The minimum atomic E-state index is -0.678. The second-order valence-corrected chi connectivity index (χ2v) is 6.09. The average molecular weight is 261 g/mol. The zero-order valence-corrected chi connectivity index (χ0v) is 12.1. The van der Waals surface area contributed by atoms with Gasteiger partial charge in [0.2, 0.25) is 0 Å². The van der Waals surface area contributed by atoms with Gasteiger partial charge in [-0.15, -0.1) is 0 Å². The van der Waals surface area contributed by atoms with Crippen molar-refractivity contribution in [2.24, 2.45) is 5.41 Å². The van der Waals surface area contributed by atoms with Crippen LogP contribution in [0.4, 0.5) is 5.69 Å². The van der Waals surface area contributed by atoms with Crippen LogP contribution in [0.25, 0.3) is 0 Å². The van der Waals surface area contributed by atoms with Gasteiger partial charge in [0, 0.05) is 18.8 Å². The largest absolute Gasteiger partial charge is 0.481 e. The molecule has 0 spiro atoms. The van der Waals surface area contributed by atoms with Crippen LogP contribution in [0.5, 0.6) is 0 Å². The molecule has 0 unspecified atom stereocenters. The van der Waals surface area contributed by atoms with E-state index in [4.69, 9.17) is 5.11 Å². The number of benzene rings is 1. The lowest BCUT2D eigenvalue weighted by atomic mass is 9.77. The minimum absolute atomic E-state index is 0.0416. The summed E-state index contributed by atoms with van der Waals surface area (Å²) in [4.78, 5) is 13.3. The van der Waals surface area contributed by atoms with E-state index in [2.05, 4.69) is 43.9 Å². The molecule has 1 N–H and O–H groups in total. The first-order valence-electron chi connectivity index (χ1n) is 6.94. The van der Waals surface area contributed by atoms with E-state index in [1.54, 1.807) is 0 Å². The fraction of sp³-hybridized carbons (Fsp3) is 0.562. The summed E-state index contributed by atoms with van der Waals surface area (Å²) in [5.74, 6) is -0.678. The lowest BCUT2D eigenvalue weighted by Gasteiger charge is -2.40. The summed E-state index contributed by atoms with van der Waals surface area (Å²) in [6.45, 7) is 8.30. The predicted octanol–water partition coefficient (Wildman–Crippen LogP) is 3.38. The zero-order valence-electron chi connectivity index (χ0n) is 12.1. The van der Waals surface area contributed by atoms with E-state index in [-0.39, 0.29) is 11.8 Å². The lowest BCUT2D eigenvalue weighted by molar-refractivity contribution is -0.139. The molecule has 3 nitrogen and oxygen atoms in total. The number of carbonyl (C=O) groups is 1. The molecule has 0 atom stereocenters. The van der Waals surface area contributed by atoms with Crippen LogP contribution in [0.2, 0.25) is 0 Å². The highest BCUT2D eigenvalue weighted by molar-refractivity contribution is 5.67. The molecule has 19 heavy (non-hydrogen) atoms. The van der Waals surface area contributed by atoms with E-state index >= 15 is 0 Å².